The molecule has 2 aliphatic heterocycles. The molecular weight excluding hydrogens is 226 g/mol. The number of amides is 1. The number of hydrogen-bond donors (Lipinski definition) is 1. The number of carbonyl (C=O) groups excluding carboxylic acids is 1. The summed E-state index contributed by atoms with van der Waals surface area (Å²) in [6.45, 7) is 5.83. The summed E-state index contributed by atoms with van der Waals surface area (Å²) in [6, 6.07) is 4.41. The van der Waals surface area contributed by atoms with Crippen LogP contribution in [-0.4, -0.2) is 41.1 Å². The number of nitrogens with one attached hydrogen (secondary N) is 1. The summed E-state index contributed by atoms with van der Waals surface area (Å²) >= 11 is 0. The number of aryl methyl sites for hydroxylation is 1. The molecule has 0 saturated carbocycles. The summed E-state index contributed by atoms with van der Waals surface area (Å²) in [5.41, 5.74) is 0.830. The molecule has 3 rings (SSSR count). The topological polar surface area (TPSA) is 37.3 Å². The molecule has 3 heterocycles. The van der Waals surface area contributed by atoms with Gasteiger partial charge in [0.2, 0.25) is 0 Å². The van der Waals surface area contributed by atoms with Gasteiger partial charge in [0.25, 0.3) is 5.91 Å². The molecule has 1 aromatic rings. The van der Waals surface area contributed by atoms with E-state index in [0.717, 1.165) is 31.9 Å². The predicted molar refractivity (Wildman–Crippen MR) is 70.5 cm³/mol. The van der Waals surface area contributed by atoms with E-state index in [-0.39, 0.29) is 5.91 Å². The highest BCUT2D eigenvalue weighted by Crippen LogP contribution is 2.26. The lowest BCUT2D eigenvalue weighted by atomic mass is 9.94. The lowest BCUT2D eigenvalue weighted by Gasteiger charge is -2.24. The summed E-state index contributed by atoms with van der Waals surface area (Å²) in [6.07, 6.45) is 4.49. The Morgan fingerprint density at radius 2 is 2.39 bits per heavy atom. The fourth-order valence-corrected chi connectivity index (χ4v) is 3.26. The van der Waals surface area contributed by atoms with E-state index in [1.807, 2.05) is 27.8 Å². The molecule has 1 amide bonds. The predicted octanol–water partition coefficient (Wildman–Crippen LogP) is 1.33. The van der Waals surface area contributed by atoms with E-state index in [2.05, 4.69) is 12.2 Å². The maximum Gasteiger partial charge on any atom is 0.270 e. The molecule has 98 valence electrons. The third kappa shape index (κ3) is 1.94. The minimum Gasteiger partial charge on any atom is -0.344 e. The molecule has 2 aliphatic rings. The summed E-state index contributed by atoms with van der Waals surface area (Å²) in [7, 11) is 0. The van der Waals surface area contributed by atoms with Crippen molar-refractivity contribution < 1.29 is 4.79 Å². The van der Waals surface area contributed by atoms with Gasteiger partial charge < -0.3 is 14.8 Å². The van der Waals surface area contributed by atoms with E-state index >= 15 is 0 Å². The number of aromatic nitrogens is 1. The van der Waals surface area contributed by atoms with Crippen molar-refractivity contribution in [3.05, 3.63) is 24.0 Å². The number of fused-ring (bicyclic) bond motifs is 1. The van der Waals surface area contributed by atoms with Gasteiger partial charge in [0.05, 0.1) is 0 Å². The van der Waals surface area contributed by atoms with Crippen LogP contribution in [0.1, 0.15) is 30.3 Å². The standard InChI is InChI=1S/C14H21N3O/c1-2-16-8-4-6-13(16)14(18)17-9-11-5-3-7-15-12(11)10-17/h4,6,8,11-12,15H,2-3,5,7,9-10H2,1H3/t11-,12+/m0/s1. The number of hydrogen-bond acceptors (Lipinski definition) is 2. The number of nitrogens with zero attached hydrogens (tertiary/aromatic N) is 2. The zero-order valence-corrected chi connectivity index (χ0v) is 10.9. The van der Waals surface area contributed by atoms with Gasteiger partial charge in [-0.25, -0.2) is 0 Å². The van der Waals surface area contributed by atoms with Crippen LogP contribution in [-0.2, 0) is 6.54 Å². The van der Waals surface area contributed by atoms with Crippen LogP contribution < -0.4 is 5.32 Å². The maximum absolute atomic E-state index is 12.5. The molecule has 18 heavy (non-hydrogen) atoms. The minimum atomic E-state index is 0.193. The number of likely N-dealkylation sites (tertiary alicyclic amines) is 1. The van der Waals surface area contributed by atoms with Gasteiger partial charge in [-0.05, 0) is 44.4 Å². The Balaban J connectivity index is 1.74. The van der Waals surface area contributed by atoms with Crippen molar-refractivity contribution in [2.45, 2.75) is 32.4 Å². The summed E-state index contributed by atoms with van der Waals surface area (Å²) in [4.78, 5) is 14.5. The van der Waals surface area contributed by atoms with E-state index in [1.165, 1.54) is 12.8 Å². The molecule has 0 aliphatic carbocycles. The smallest absolute Gasteiger partial charge is 0.270 e. The van der Waals surface area contributed by atoms with Crippen molar-refractivity contribution in [2.75, 3.05) is 19.6 Å². The van der Waals surface area contributed by atoms with Gasteiger partial charge in [0.1, 0.15) is 5.69 Å². The molecule has 2 saturated heterocycles. The van der Waals surface area contributed by atoms with Crippen molar-refractivity contribution in [3.63, 3.8) is 0 Å². The number of rotatable bonds is 2. The summed E-state index contributed by atoms with van der Waals surface area (Å²) < 4.78 is 2.03. The third-order valence-electron chi connectivity index (χ3n) is 4.28. The normalized spacial score (nSPS) is 27.3. The SMILES string of the molecule is CCn1cccc1C(=O)N1C[C@@H]2CCCN[C@@H]2C1. The molecule has 1 N–H and O–H groups in total. The lowest BCUT2D eigenvalue weighted by Crippen LogP contribution is -2.41. The van der Waals surface area contributed by atoms with Gasteiger partial charge in [0, 0.05) is 31.9 Å². The van der Waals surface area contributed by atoms with Crippen LogP contribution in [0.3, 0.4) is 0 Å². The second kappa shape index (κ2) is 4.76. The van der Waals surface area contributed by atoms with Crippen LogP contribution in [0.5, 0.6) is 0 Å². The molecule has 0 bridgehead atoms. The Bertz CT molecular complexity index is 426. The Hall–Kier alpha value is -1.29. The van der Waals surface area contributed by atoms with Crippen LogP contribution in [0.2, 0.25) is 0 Å². The van der Waals surface area contributed by atoms with Crippen LogP contribution in [0.15, 0.2) is 18.3 Å². The van der Waals surface area contributed by atoms with E-state index in [1.54, 1.807) is 0 Å². The molecular formula is C14H21N3O. The zero-order valence-electron chi connectivity index (χ0n) is 10.9. The number of carbonyl (C=O) groups is 1. The van der Waals surface area contributed by atoms with Crippen LogP contribution in [0.4, 0.5) is 0 Å². The largest absolute Gasteiger partial charge is 0.344 e. The molecule has 0 spiro atoms. The quantitative estimate of drug-likeness (QED) is 0.856. The molecule has 0 aromatic carbocycles. The lowest BCUT2D eigenvalue weighted by molar-refractivity contribution is 0.0775. The molecule has 0 unspecified atom stereocenters. The summed E-state index contributed by atoms with van der Waals surface area (Å²) in [5, 5.41) is 3.54. The molecule has 4 heteroatoms. The van der Waals surface area contributed by atoms with Gasteiger partial charge in [-0.1, -0.05) is 0 Å². The molecule has 4 nitrogen and oxygen atoms in total. The fraction of sp³-hybridized carbons (Fsp3) is 0.643. The maximum atomic E-state index is 12.5. The number of piperidine rings is 1. The minimum absolute atomic E-state index is 0.193. The van der Waals surface area contributed by atoms with E-state index < -0.39 is 0 Å². The first-order valence-electron chi connectivity index (χ1n) is 6.97. The zero-order chi connectivity index (χ0) is 12.5. The molecule has 1 aromatic heterocycles. The second-order valence-electron chi connectivity index (χ2n) is 5.35. The van der Waals surface area contributed by atoms with Gasteiger partial charge in [0.15, 0.2) is 0 Å². The first kappa shape index (κ1) is 11.8. The van der Waals surface area contributed by atoms with Crippen LogP contribution in [0, 0.1) is 5.92 Å². The Labute approximate surface area is 108 Å². The van der Waals surface area contributed by atoms with Crippen molar-refractivity contribution in [1.29, 1.82) is 0 Å². The summed E-state index contributed by atoms with van der Waals surface area (Å²) in [5.74, 6) is 0.853. The molecule has 2 atom stereocenters. The van der Waals surface area contributed by atoms with Crippen molar-refractivity contribution >= 4 is 5.91 Å². The monoisotopic (exact) mass is 247 g/mol. The first-order chi connectivity index (χ1) is 8.79. The molecule has 0 radical (unpaired) electrons. The third-order valence-corrected chi connectivity index (χ3v) is 4.28. The Kier molecular flexibility index (Phi) is 3.12. The van der Waals surface area contributed by atoms with E-state index in [0.29, 0.717) is 12.0 Å². The Morgan fingerprint density at radius 3 is 3.17 bits per heavy atom. The van der Waals surface area contributed by atoms with Crippen molar-refractivity contribution in [3.8, 4) is 0 Å². The highest BCUT2D eigenvalue weighted by Gasteiger charge is 2.37. The highest BCUT2D eigenvalue weighted by atomic mass is 16.2. The van der Waals surface area contributed by atoms with Crippen LogP contribution in [0.25, 0.3) is 0 Å². The van der Waals surface area contributed by atoms with Gasteiger partial charge >= 0.3 is 0 Å². The first-order valence-corrected chi connectivity index (χ1v) is 6.97. The average molecular weight is 247 g/mol. The van der Waals surface area contributed by atoms with Crippen LogP contribution >= 0.6 is 0 Å². The van der Waals surface area contributed by atoms with E-state index in [9.17, 15) is 4.79 Å². The second-order valence-corrected chi connectivity index (χ2v) is 5.35. The van der Waals surface area contributed by atoms with Gasteiger partial charge in [-0.2, -0.15) is 0 Å². The fourth-order valence-electron chi connectivity index (χ4n) is 3.26. The van der Waals surface area contributed by atoms with Crippen molar-refractivity contribution in [2.24, 2.45) is 5.92 Å². The van der Waals surface area contributed by atoms with Gasteiger partial charge in [-0.15, -0.1) is 0 Å². The van der Waals surface area contributed by atoms with Crippen molar-refractivity contribution in [1.82, 2.24) is 14.8 Å². The average Bonchev–Trinajstić information content (AvgIpc) is 3.03. The highest BCUT2D eigenvalue weighted by molar-refractivity contribution is 5.93. The van der Waals surface area contributed by atoms with Gasteiger partial charge in [-0.3, -0.25) is 4.79 Å². The van der Waals surface area contributed by atoms with E-state index in [4.69, 9.17) is 0 Å². The molecule has 2 fully saturated rings. The Morgan fingerprint density at radius 1 is 1.50 bits per heavy atom.